The van der Waals surface area contributed by atoms with Crippen LogP contribution in [0.1, 0.15) is 38.7 Å². The van der Waals surface area contributed by atoms with E-state index in [0.29, 0.717) is 48.4 Å². The molecule has 0 aliphatic carbocycles. The second-order valence-electron chi connectivity index (χ2n) is 9.89. The third-order valence-corrected chi connectivity index (χ3v) is 7.61. The number of nitrogens with zero attached hydrogens (tertiary/aromatic N) is 6. The van der Waals surface area contributed by atoms with Crippen molar-refractivity contribution >= 4 is 45.3 Å². The third kappa shape index (κ3) is 4.55. The Balaban J connectivity index is 1.70. The van der Waals surface area contributed by atoms with E-state index in [2.05, 4.69) is 33.6 Å². The molecular formula is C28H32ClN7O2. The first kappa shape index (κ1) is 25.9. The van der Waals surface area contributed by atoms with Crippen LogP contribution in [0.4, 0.5) is 5.82 Å². The Labute approximate surface area is 226 Å². The topological polar surface area (TPSA) is 100 Å². The average Bonchev–Trinajstić information content (AvgIpc) is 3.38. The largest absolute Gasteiger partial charge is 0.351 e. The number of piperazine rings is 1. The molecule has 3 aromatic heterocycles. The highest BCUT2D eigenvalue weighted by Gasteiger charge is 2.29. The number of rotatable bonds is 7. The van der Waals surface area contributed by atoms with Crippen LogP contribution in [0.2, 0.25) is 5.02 Å². The smallest absolute Gasteiger partial charge is 0.350 e. The van der Waals surface area contributed by atoms with E-state index in [1.165, 1.54) is 6.08 Å². The quantitative estimate of drug-likeness (QED) is 0.273. The molecule has 9 nitrogen and oxygen atoms in total. The number of aryl methyl sites for hydroxylation is 2. The molecule has 10 heteroatoms. The lowest BCUT2D eigenvalue weighted by atomic mass is 10.0. The SMILES string of the molecule is C=CC(=O)N1CCN(c2nc(=O)n(CCCCC)c3nc(-c4c(C)ccc5[nH]ncc45)c(Cl)cc23)[C@@H](C)C1. The van der Waals surface area contributed by atoms with Gasteiger partial charge >= 0.3 is 5.69 Å². The van der Waals surface area contributed by atoms with Gasteiger partial charge in [-0.15, -0.1) is 0 Å². The number of amides is 1. The van der Waals surface area contributed by atoms with Crippen LogP contribution in [0.15, 0.2) is 41.8 Å². The number of halogens is 1. The zero-order chi connectivity index (χ0) is 27.0. The fourth-order valence-corrected chi connectivity index (χ4v) is 5.56. The molecule has 4 aromatic rings. The number of carbonyl (C=O) groups excluding carboxylic acids is 1. The minimum absolute atomic E-state index is 0.0564. The van der Waals surface area contributed by atoms with Crippen molar-refractivity contribution < 1.29 is 4.79 Å². The summed E-state index contributed by atoms with van der Waals surface area (Å²) in [4.78, 5) is 39.1. The molecule has 0 unspecified atom stereocenters. The van der Waals surface area contributed by atoms with Crippen LogP contribution < -0.4 is 10.6 Å². The lowest BCUT2D eigenvalue weighted by Gasteiger charge is -2.40. The number of carbonyl (C=O) groups is 1. The molecule has 1 amide bonds. The fourth-order valence-electron chi connectivity index (χ4n) is 5.31. The summed E-state index contributed by atoms with van der Waals surface area (Å²) < 4.78 is 1.67. The van der Waals surface area contributed by atoms with Crippen molar-refractivity contribution in [2.45, 2.75) is 52.6 Å². The highest BCUT2D eigenvalue weighted by Crippen LogP contribution is 2.37. The number of aromatic amines is 1. The summed E-state index contributed by atoms with van der Waals surface area (Å²) in [6, 6.07) is 5.82. The summed E-state index contributed by atoms with van der Waals surface area (Å²) >= 11 is 6.94. The minimum Gasteiger partial charge on any atom is -0.350 e. The van der Waals surface area contributed by atoms with Crippen molar-refractivity contribution in [2.75, 3.05) is 24.5 Å². The molecule has 0 bridgehead atoms. The number of hydrogen-bond acceptors (Lipinski definition) is 6. The second-order valence-corrected chi connectivity index (χ2v) is 10.3. The standard InChI is InChI=1S/C28H32ClN7O2/c1-5-7-8-11-36-26-19(27(32-28(36)38)35-13-12-34(16-18(35)4)23(37)6-2)14-21(29)25(31-26)24-17(3)9-10-22-20(24)15-30-33-22/h6,9-10,14-15,18H,2,5,7-8,11-13,16H2,1,3-4H3,(H,30,33)/t18-/m0/s1. The van der Waals surface area contributed by atoms with Gasteiger partial charge in [0.15, 0.2) is 0 Å². The molecule has 4 heterocycles. The predicted octanol–water partition coefficient (Wildman–Crippen LogP) is 4.71. The van der Waals surface area contributed by atoms with E-state index in [1.807, 2.05) is 32.0 Å². The van der Waals surface area contributed by atoms with Gasteiger partial charge in [-0.1, -0.05) is 44.0 Å². The van der Waals surface area contributed by atoms with Crippen molar-refractivity contribution in [3.63, 3.8) is 0 Å². The Morgan fingerprint density at radius 3 is 2.79 bits per heavy atom. The molecule has 38 heavy (non-hydrogen) atoms. The van der Waals surface area contributed by atoms with Crippen LogP contribution in [0.5, 0.6) is 0 Å². The van der Waals surface area contributed by atoms with Crippen molar-refractivity contribution in [3.8, 4) is 11.3 Å². The second kappa shape index (κ2) is 10.6. The van der Waals surface area contributed by atoms with E-state index < -0.39 is 0 Å². The number of aromatic nitrogens is 5. The number of unbranched alkanes of at least 4 members (excludes halogenated alkanes) is 2. The maximum atomic E-state index is 13.4. The van der Waals surface area contributed by atoms with E-state index in [4.69, 9.17) is 16.6 Å². The Kier molecular flexibility index (Phi) is 7.21. The molecule has 0 radical (unpaired) electrons. The van der Waals surface area contributed by atoms with Gasteiger partial charge in [-0.05, 0) is 44.0 Å². The van der Waals surface area contributed by atoms with Crippen LogP contribution in [-0.2, 0) is 11.3 Å². The highest BCUT2D eigenvalue weighted by atomic mass is 35.5. The van der Waals surface area contributed by atoms with E-state index in [1.54, 1.807) is 15.7 Å². The van der Waals surface area contributed by atoms with Crippen LogP contribution in [0, 0.1) is 6.92 Å². The molecule has 1 atom stereocenters. The number of pyridine rings is 1. The van der Waals surface area contributed by atoms with Crippen LogP contribution in [-0.4, -0.2) is 61.2 Å². The number of anilines is 1. The van der Waals surface area contributed by atoms with E-state index in [0.717, 1.165) is 46.7 Å². The summed E-state index contributed by atoms with van der Waals surface area (Å²) in [5.74, 6) is 0.452. The molecule has 198 valence electrons. The maximum Gasteiger partial charge on any atom is 0.351 e. The molecule has 1 N–H and O–H groups in total. The first-order valence-electron chi connectivity index (χ1n) is 13.1. The van der Waals surface area contributed by atoms with E-state index in [9.17, 15) is 9.59 Å². The van der Waals surface area contributed by atoms with Gasteiger partial charge in [-0.25, -0.2) is 9.78 Å². The molecule has 1 aliphatic heterocycles. The number of nitrogens with one attached hydrogen (secondary N) is 1. The summed E-state index contributed by atoms with van der Waals surface area (Å²) in [5, 5.41) is 9.34. The Morgan fingerprint density at radius 1 is 1.24 bits per heavy atom. The Hall–Kier alpha value is -3.72. The number of hydrogen-bond donors (Lipinski definition) is 1. The molecule has 0 spiro atoms. The van der Waals surface area contributed by atoms with Crippen molar-refractivity contribution in [1.29, 1.82) is 0 Å². The monoisotopic (exact) mass is 533 g/mol. The molecule has 0 saturated carbocycles. The fraction of sp³-hybridized carbons (Fsp3) is 0.393. The van der Waals surface area contributed by atoms with Gasteiger partial charge < -0.3 is 9.80 Å². The third-order valence-electron chi connectivity index (χ3n) is 7.33. The normalized spacial score (nSPS) is 15.9. The lowest BCUT2D eigenvalue weighted by Crippen LogP contribution is -2.54. The van der Waals surface area contributed by atoms with Crippen molar-refractivity contribution in [1.82, 2.24) is 29.6 Å². The molecule has 1 saturated heterocycles. The van der Waals surface area contributed by atoms with E-state index >= 15 is 0 Å². The zero-order valence-electron chi connectivity index (χ0n) is 22.0. The summed E-state index contributed by atoms with van der Waals surface area (Å²) in [7, 11) is 0. The van der Waals surface area contributed by atoms with Gasteiger partial charge in [0.05, 0.1) is 27.8 Å². The summed E-state index contributed by atoms with van der Waals surface area (Å²) in [6.07, 6.45) is 6.00. The number of fused-ring (bicyclic) bond motifs is 2. The predicted molar refractivity (Wildman–Crippen MR) is 152 cm³/mol. The van der Waals surface area contributed by atoms with Gasteiger partial charge in [-0.3, -0.25) is 14.5 Å². The van der Waals surface area contributed by atoms with Crippen molar-refractivity contribution in [3.05, 3.63) is 58.1 Å². The molecule has 1 aliphatic rings. The van der Waals surface area contributed by atoms with Crippen LogP contribution in [0.25, 0.3) is 33.2 Å². The van der Waals surface area contributed by atoms with Crippen molar-refractivity contribution in [2.24, 2.45) is 0 Å². The first-order chi connectivity index (χ1) is 18.3. The highest BCUT2D eigenvalue weighted by molar-refractivity contribution is 6.34. The summed E-state index contributed by atoms with van der Waals surface area (Å²) in [6.45, 7) is 11.9. The lowest BCUT2D eigenvalue weighted by molar-refractivity contribution is -0.126. The molecule has 5 rings (SSSR count). The maximum absolute atomic E-state index is 13.4. The van der Waals surface area contributed by atoms with Crippen LogP contribution in [0.3, 0.4) is 0 Å². The van der Waals surface area contributed by atoms with Gasteiger partial charge in [0.25, 0.3) is 0 Å². The van der Waals surface area contributed by atoms with Gasteiger partial charge in [0.1, 0.15) is 11.5 Å². The van der Waals surface area contributed by atoms with E-state index in [-0.39, 0.29) is 17.6 Å². The Bertz CT molecular complexity index is 1590. The van der Waals surface area contributed by atoms with Gasteiger partial charge in [0, 0.05) is 43.2 Å². The van der Waals surface area contributed by atoms with Crippen LogP contribution >= 0.6 is 11.6 Å². The Morgan fingerprint density at radius 2 is 2.05 bits per heavy atom. The molecular weight excluding hydrogens is 502 g/mol. The average molecular weight is 534 g/mol. The molecule has 1 fully saturated rings. The minimum atomic E-state index is -0.334. The molecule has 1 aromatic carbocycles. The van der Waals surface area contributed by atoms with Gasteiger partial charge in [-0.2, -0.15) is 10.1 Å². The first-order valence-corrected chi connectivity index (χ1v) is 13.4. The number of benzene rings is 1. The summed E-state index contributed by atoms with van der Waals surface area (Å²) in [5.41, 5.74) is 3.63. The van der Waals surface area contributed by atoms with Gasteiger partial charge in [0.2, 0.25) is 5.91 Å². The number of H-pyrrole nitrogens is 1. The zero-order valence-corrected chi connectivity index (χ0v) is 22.8.